The Bertz CT molecular complexity index is 327. The average molecular weight is 240 g/mol. The number of hydrogen-bond acceptors (Lipinski definition) is 4. The Morgan fingerprint density at radius 3 is 2.88 bits per heavy atom. The zero-order valence-electron chi connectivity index (χ0n) is 10.6. The van der Waals surface area contributed by atoms with Crippen LogP contribution in [-0.2, 0) is 4.74 Å². The van der Waals surface area contributed by atoms with Gasteiger partial charge >= 0.3 is 6.09 Å². The fourth-order valence-electron chi connectivity index (χ4n) is 1.54. The number of aliphatic hydroxyl groups is 1. The summed E-state index contributed by atoms with van der Waals surface area (Å²) in [7, 11) is 0. The Hall–Kier alpha value is -1.45. The van der Waals surface area contributed by atoms with Crippen molar-refractivity contribution < 1.29 is 14.6 Å². The second-order valence-corrected chi connectivity index (χ2v) is 4.95. The van der Waals surface area contributed by atoms with Crippen LogP contribution in [0, 0.1) is 0 Å². The third-order valence-electron chi connectivity index (χ3n) is 2.23. The van der Waals surface area contributed by atoms with Crippen molar-refractivity contribution in [2.24, 2.45) is 0 Å². The van der Waals surface area contributed by atoms with E-state index in [1.807, 2.05) is 20.8 Å². The first-order chi connectivity index (χ1) is 7.92. The normalized spacial score (nSPS) is 20.4. The predicted octanol–water partition coefficient (Wildman–Crippen LogP) is 1.42. The maximum absolute atomic E-state index is 11.8. The van der Waals surface area contributed by atoms with Crippen LogP contribution in [0.3, 0.4) is 0 Å². The molecule has 1 saturated heterocycles. The quantitative estimate of drug-likeness (QED) is 0.537. The van der Waals surface area contributed by atoms with Gasteiger partial charge in [-0.15, -0.1) is 0 Å². The van der Waals surface area contributed by atoms with Gasteiger partial charge in [0.2, 0.25) is 0 Å². The van der Waals surface area contributed by atoms with Crippen LogP contribution < -0.4 is 5.32 Å². The number of piperazine rings is 1. The first kappa shape index (κ1) is 13.6. The number of aliphatic hydroxyl groups excluding tert-OH is 1. The maximum atomic E-state index is 11.8. The lowest BCUT2D eigenvalue weighted by molar-refractivity contribution is 0.0210. The summed E-state index contributed by atoms with van der Waals surface area (Å²) < 4.78 is 5.30. The van der Waals surface area contributed by atoms with E-state index in [4.69, 9.17) is 9.84 Å². The molecule has 0 aromatic heterocycles. The number of hydrogen-bond donors (Lipinski definition) is 2. The van der Waals surface area contributed by atoms with E-state index in [-0.39, 0.29) is 12.1 Å². The average Bonchev–Trinajstić information content (AvgIpc) is 2.24. The van der Waals surface area contributed by atoms with E-state index < -0.39 is 5.60 Å². The Morgan fingerprint density at radius 2 is 2.29 bits per heavy atom. The lowest BCUT2D eigenvalue weighted by Gasteiger charge is -2.33. The summed E-state index contributed by atoms with van der Waals surface area (Å²) in [6.45, 7) is 7.39. The molecule has 0 bridgehead atoms. The molecular formula is C12H20N2O3. The van der Waals surface area contributed by atoms with Crippen molar-refractivity contribution in [3.8, 4) is 0 Å². The third-order valence-corrected chi connectivity index (χ3v) is 2.23. The van der Waals surface area contributed by atoms with E-state index in [0.29, 0.717) is 19.6 Å². The molecule has 17 heavy (non-hydrogen) atoms. The zero-order chi connectivity index (χ0) is 12.9. The van der Waals surface area contributed by atoms with Crippen molar-refractivity contribution >= 4 is 6.09 Å². The number of amides is 1. The number of carbonyl (C=O) groups is 1. The molecule has 5 heteroatoms. The number of carbonyl (C=O) groups excluding carboxylic acids is 1. The summed E-state index contributed by atoms with van der Waals surface area (Å²) in [4.78, 5) is 13.5. The molecule has 2 N–H and O–H groups in total. The Balaban J connectivity index is 2.54. The second kappa shape index (κ2) is 5.75. The van der Waals surface area contributed by atoms with Crippen LogP contribution in [0.15, 0.2) is 18.1 Å². The van der Waals surface area contributed by atoms with Crippen molar-refractivity contribution in [1.82, 2.24) is 10.2 Å². The number of rotatable bonds is 1. The molecule has 0 spiro atoms. The molecule has 1 heterocycles. The van der Waals surface area contributed by atoms with Crippen LogP contribution in [0.25, 0.3) is 0 Å². The van der Waals surface area contributed by atoms with Gasteiger partial charge in [0.25, 0.3) is 0 Å². The van der Waals surface area contributed by atoms with Crippen LogP contribution in [0.4, 0.5) is 4.79 Å². The van der Waals surface area contributed by atoms with Crippen LogP contribution in [0.5, 0.6) is 0 Å². The van der Waals surface area contributed by atoms with Gasteiger partial charge in [0.05, 0.1) is 6.04 Å². The van der Waals surface area contributed by atoms with Gasteiger partial charge in [-0.1, -0.05) is 5.73 Å². The molecule has 1 aliphatic rings. The summed E-state index contributed by atoms with van der Waals surface area (Å²) in [5.41, 5.74) is 2.12. The molecule has 1 atom stereocenters. The molecule has 0 radical (unpaired) electrons. The fourth-order valence-corrected chi connectivity index (χ4v) is 1.54. The highest BCUT2D eigenvalue weighted by molar-refractivity contribution is 5.68. The van der Waals surface area contributed by atoms with Crippen LogP contribution >= 0.6 is 0 Å². The highest BCUT2D eigenvalue weighted by atomic mass is 16.6. The van der Waals surface area contributed by atoms with Crippen LogP contribution in [-0.4, -0.2) is 47.4 Å². The molecule has 96 valence electrons. The molecule has 1 fully saturated rings. The Kier molecular flexibility index (Phi) is 4.61. The van der Waals surface area contributed by atoms with E-state index in [2.05, 4.69) is 11.0 Å². The number of nitrogens with zero attached hydrogens (tertiary/aromatic N) is 1. The molecule has 5 nitrogen and oxygen atoms in total. The standard InChI is InChI=1S/C12H20N2O3/c1-12(2,3)17-11(16)14-7-6-13-10(9-14)5-4-8-15/h5,8,10,13,15H,6-7,9H2,1-3H3/t4?,10-/m0/s1. The molecule has 0 aromatic rings. The van der Waals surface area contributed by atoms with Crippen LogP contribution in [0.1, 0.15) is 20.8 Å². The first-order valence-corrected chi connectivity index (χ1v) is 5.69. The molecule has 0 aromatic carbocycles. The van der Waals surface area contributed by atoms with E-state index >= 15 is 0 Å². The van der Waals surface area contributed by atoms with Gasteiger partial charge in [-0.25, -0.2) is 4.79 Å². The molecule has 1 aliphatic heterocycles. The lowest BCUT2D eigenvalue weighted by atomic mass is 10.2. The van der Waals surface area contributed by atoms with Crippen molar-refractivity contribution in [1.29, 1.82) is 0 Å². The molecule has 1 amide bonds. The lowest BCUT2D eigenvalue weighted by Crippen LogP contribution is -2.52. The SMILES string of the molecule is CC(C)(C)OC(=O)N1CCN[C@@H](C=C=CO)C1. The van der Waals surface area contributed by atoms with Gasteiger partial charge in [0.1, 0.15) is 11.9 Å². The maximum Gasteiger partial charge on any atom is 0.410 e. The van der Waals surface area contributed by atoms with E-state index in [0.717, 1.165) is 6.26 Å². The smallest absolute Gasteiger partial charge is 0.410 e. The van der Waals surface area contributed by atoms with Crippen molar-refractivity contribution in [2.45, 2.75) is 32.4 Å². The Labute approximate surface area is 102 Å². The van der Waals surface area contributed by atoms with E-state index in [1.165, 1.54) is 0 Å². The highest BCUT2D eigenvalue weighted by Gasteiger charge is 2.26. The van der Waals surface area contributed by atoms with Crippen molar-refractivity contribution in [3.63, 3.8) is 0 Å². The van der Waals surface area contributed by atoms with Gasteiger partial charge in [-0.05, 0) is 26.8 Å². The minimum atomic E-state index is -0.474. The van der Waals surface area contributed by atoms with Crippen LogP contribution in [0.2, 0.25) is 0 Å². The topological polar surface area (TPSA) is 61.8 Å². The highest BCUT2D eigenvalue weighted by Crippen LogP contribution is 2.11. The third kappa shape index (κ3) is 4.93. The molecule has 0 unspecified atom stereocenters. The summed E-state index contributed by atoms with van der Waals surface area (Å²) in [5.74, 6) is 0. The summed E-state index contributed by atoms with van der Waals surface area (Å²) in [6.07, 6.45) is 2.25. The fraction of sp³-hybridized carbons (Fsp3) is 0.667. The van der Waals surface area contributed by atoms with Gasteiger partial charge in [0, 0.05) is 19.6 Å². The van der Waals surface area contributed by atoms with Crippen molar-refractivity contribution in [2.75, 3.05) is 19.6 Å². The minimum Gasteiger partial charge on any atom is -0.507 e. The summed E-state index contributed by atoms with van der Waals surface area (Å²) in [5, 5.41) is 11.7. The Morgan fingerprint density at radius 1 is 1.59 bits per heavy atom. The summed E-state index contributed by atoms with van der Waals surface area (Å²) in [6, 6.07) is -0.000307. The largest absolute Gasteiger partial charge is 0.507 e. The van der Waals surface area contributed by atoms with Crippen molar-refractivity contribution in [3.05, 3.63) is 18.1 Å². The number of nitrogens with one attached hydrogen (secondary N) is 1. The zero-order valence-corrected chi connectivity index (χ0v) is 10.6. The summed E-state index contributed by atoms with van der Waals surface area (Å²) >= 11 is 0. The van der Waals surface area contributed by atoms with Gasteiger partial charge < -0.3 is 20.1 Å². The second-order valence-electron chi connectivity index (χ2n) is 4.95. The molecule has 1 rings (SSSR count). The first-order valence-electron chi connectivity index (χ1n) is 5.69. The molecule has 0 saturated carbocycles. The van der Waals surface area contributed by atoms with Gasteiger partial charge in [0.15, 0.2) is 0 Å². The van der Waals surface area contributed by atoms with E-state index in [1.54, 1.807) is 11.0 Å². The van der Waals surface area contributed by atoms with E-state index in [9.17, 15) is 4.79 Å². The monoisotopic (exact) mass is 240 g/mol. The minimum absolute atomic E-state index is 0.000307. The van der Waals surface area contributed by atoms with Gasteiger partial charge in [-0.2, -0.15) is 0 Å². The molecular weight excluding hydrogens is 220 g/mol. The van der Waals surface area contributed by atoms with Gasteiger partial charge in [-0.3, -0.25) is 0 Å². The number of ether oxygens (including phenoxy) is 1. The molecule has 0 aliphatic carbocycles. The predicted molar refractivity (Wildman–Crippen MR) is 64.9 cm³/mol.